The molecule has 1 aliphatic rings. The number of aromatic nitrogens is 2. The van der Waals surface area contributed by atoms with Crippen molar-refractivity contribution in [2.75, 3.05) is 13.1 Å². The summed E-state index contributed by atoms with van der Waals surface area (Å²) < 4.78 is 12.1. The molecule has 0 aliphatic carbocycles. The highest BCUT2D eigenvalue weighted by atomic mass is 16.5. The minimum absolute atomic E-state index is 0.0510. The Morgan fingerprint density at radius 1 is 1.03 bits per heavy atom. The van der Waals surface area contributed by atoms with Gasteiger partial charge in [-0.05, 0) is 51.0 Å². The molecule has 3 aromatic rings. The first kappa shape index (κ1) is 19.9. The molecule has 30 heavy (non-hydrogen) atoms. The van der Waals surface area contributed by atoms with Crippen LogP contribution >= 0.6 is 0 Å². The molecule has 6 nitrogen and oxygen atoms in total. The molecule has 2 heterocycles. The third-order valence-corrected chi connectivity index (χ3v) is 4.98. The van der Waals surface area contributed by atoms with E-state index in [1.807, 2.05) is 79.4 Å². The van der Waals surface area contributed by atoms with Crippen molar-refractivity contribution in [3.8, 4) is 17.4 Å². The van der Waals surface area contributed by atoms with E-state index < -0.39 is 0 Å². The number of carbonyl (C=O) groups excluding carboxylic acids is 1. The van der Waals surface area contributed by atoms with Gasteiger partial charge in [0.15, 0.2) is 0 Å². The first-order valence-corrected chi connectivity index (χ1v) is 10.2. The monoisotopic (exact) mass is 403 g/mol. The van der Waals surface area contributed by atoms with Crippen molar-refractivity contribution in [2.45, 2.75) is 32.8 Å². The van der Waals surface area contributed by atoms with Crippen LogP contribution in [0.15, 0.2) is 60.7 Å². The highest BCUT2D eigenvalue weighted by molar-refractivity contribution is 5.97. The average Bonchev–Trinajstić information content (AvgIpc) is 2.74. The Morgan fingerprint density at radius 3 is 2.60 bits per heavy atom. The lowest BCUT2D eigenvalue weighted by Gasteiger charge is -2.33. The van der Waals surface area contributed by atoms with Gasteiger partial charge < -0.3 is 14.4 Å². The number of rotatable bonds is 5. The van der Waals surface area contributed by atoms with Gasteiger partial charge in [-0.15, -0.1) is 0 Å². The number of hydrogen-bond donors (Lipinski definition) is 0. The molecule has 2 aromatic carbocycles. The predicted molar refractivity (Wildman–Crippen MR) is 114 cm³/mol. The molecule has 0 spiro atoms. The summed E-state index contributed by atoms with van der Waals surface area (Å²) in [6, 6.07) is 18.7. The van der Waals surface area contributed by atoms with Crippen molar-refractivity contribution in [3.63, 3.8) is 0 Å². The summed E-state index contributed by atoms with van der Waals surface area (Å²) in [7, 11) is 0. The number of amides is 1. The lowest BCUT2D eigenvalue weighted by atomic mass is 10.1. The summed E-state index contributed by atoms with van der Waals surface area (Å²) in [5.74, 6) is 2.45. The quantitative estimate of drug-likeness (QED) is 0.624. The largest absolute Gasteiger partial charge is 0.472 e. The molecule has 1 amide bonds. The number of aryl methyl sites for hydroxylation is 2. The molecule has 0 bridgehead atoms. The molecule has 0 saturated carbocycles. The van der Waals surface area contributed by atoms with Gasteiger partial charge in [0.05, 0.1) is 12.1 Å². The Labute approximate surface area is 176 Å². The van der Waals surface area contributed by atoms with Crippen LogP contribution in [0.5, 0.6) is 17.4 Å². The van der Waals surface area contributed by atoms with Crippen molar-refractivity contribution in [1.29, 1.82) is 0 Å². The van der Waals surface area contributed by atoms with E-state index in [9.17, 15) is 4.79 Å². The van der Waals surface area contributed by atoms with Gasteiger partial charge in [0.1, 0.15) is 23.4 Å². The molecule has 1 unspecified atom stereocenters. The van der Waals surface area contributed by atoms with Crippen molar-refractivity contribution in [3.05, 3.63) is 77.7 Å². The number of ether oxygens (including phenoxy) is 2. The van der Waals surface area contributed by atoms with Gasteiger partial charge in [-0.3, -0.25) is 4.79 Å². The van der Waals surface area contributed by atoms with Crippen LogP contribution < -0.4 is 9.47 Å². The lowest BCUT2D eigenvalue weighted by Crippen LogP contribution is -2.44. The van der Waals surface area contributed by atoms with Gasteiger partial charge in [0, 0.05) is 18.3 Å². The SMILES string of the molecule is Cc1cc(OC2CCCN(C(=O)c3ccccc3Oc3ccccc3)C2)nc(C)n1. The number of nitrogens with zero attached hydrogens (tertiary/aromatic N) is 3. The van der Waals surface area contributed by atoms with Crippen LogP contribution in [0.4, 0.5) is 0 Å². The third-order valence-electron chi connectivity index (χ3n) is 4.98. The van der Waals surface area contributed by atoms with Gasteiger partial charge in [-0.1, -0.05) is 30.3 Å². The number of carbonyl (C=O) groups is 1. The van der Waals surface area contributed by atoms with Gasteiger partial charge >= 0.3 is 0 Å². The molecule has 1 fully saturated rings. The van der Waals surface area contributed by atoms with Crippen LogP contribution in [-0.2, 0) is 0 Å². The smallest absolute Gasteiger partial charge is 0.257 e. The van der Waals surface area contributed by atoms with Crippen LogP contribution in [0.25, 0.3) is 0 Å². The van der Waals surface area contributed by atoms with E-state index in [1.165, 1.54) is 0 Å². The van der Waals surface area contributed by atoms with E-state index in [0.717, 1.165) is 18.5 Å². The van der Waals surface area contributed by atoms with E-state index in [1.54, 1.807) is 0 Å². The molecule has 4 rings (SSSR count). The molecule has 6 heteroatoms. The van der Waals surface area contributed by atoms with E-state index in [-0.39, 0.29) is 12.0 Å². The van der Waals surface area contributed by atoms with Crippen LogP contribution in [0.1, 0.15) is 34.7 Å². The van der Waals surface area contributed by atoms with E-state index in [4.69, 9.17) is 9.47 Å². The van der Waals surface area contributed by atoms with Gasteiger partial charge in [0.25, 0.3) is 5.91 Å². The lowest BCUT2D eigenvalue weighted by molar-refractivity contribution is 0.0524. The first-order chi connectivity index (χ1) is 14.6. The molecular weight excluding hydrogens is 378 g/mol. The second-order valence-corrected chi connectivity index (χ2v) is 7.44. The molecule has 1 atom stereocenters. The summed E-state index contributed by atoms with van der Waals surface area (Å²) >= 11 is 0. The fourth-order valence-corrected chi connectivity index (χ4v) is 3.65. The van der Waals surface area contributed by atoms with Gasteiger partial charge in [-0.2, -0.15) is 4.98 Å². The summed E-state index contributed by atoms with van der Waals surface area (Å²) in [5.41, 5.74) is 1.42. The minimum Gasteiger partial charge on any atom is -0.472 e. The minimum atomic E-state index is -0.0985. The average molecular weight is 403 g/mol. The second kappa shape index (κ2) is 8.95. The molecular formula is C24H25N3O3. The fraction of sp³-hybridized carbons (Fsp3) is 0.292. The maximum atomic E-state index is 13.3. The van der Waals surface area contributed by atoms with Crippen molar-refractivity contribution >= 4 is 5.91 Å². The van der Waals surface area contributed by atoms with E-state index in [0.29, 0.717) is 41.9 Å². The molecule has 1 saturated heterocycles. The zero-order valence-corrected chi connectivity index (χ0v) is 17.2. The van der Waals surface area contributed by atoms with E-state index in [2.05, 4.69) is 9.97 Å². The number of hydrogen-bond acceptors (Lipinski definition) is 5. The summed E-state index contributed by atoms with van der Waals surface area (Å²) in [6.07, 6.45) is 1.66. The first-order valence-electron chi connectivity index (χ1n) is 10.2. The molecule has 0 N–H and O–H groups in total. The molecule has 1 aliphatic heterocycles. The van der Waals surface area contributed by atoms with Crippen LogP contribution in [0.2, 0.25) is 0 Å². The Morgan fingerprint density at radius 2 is 1.80 bits per heavy atom. The second-order valence-electron chi connectivity index (χ2n) is 7.44. The highest BCUT2D eigenvalue weighted by Crippen LogP contribution is 2.27. The molecule has 154 valence electrons. The number of para-hydroxylation sites is 2. The number of benzene rings is 2. The summed E-state index contributed by atoms with van der Waals surface area (Å²) in [6.45, 7) is 4.98. The number of piperidine rings is 1. The van der Waals surface area contributed by atoms with Crippen molar-refractivity contribution in [2.24, 2.45) is 0 Å². The fourth-order valence-electron chi connectivity index (χ4n) is 3.65. The Bertz CT molecular complexity index is 1000. The maximum Gasteiger partial charge on any atom is 0.257 e. The Hall–Kier alpha value is -3.41. The van der Waals surface area contributed by atoms with E-state index >= 15 is 0 Å². The summed E-state index contributed by atoms with van der Waals surface area (Å²) in [5, 5.41) is 0. The van der Waals surface area contributed by atoms with Crippen LogP contribution in [0, 0.1) is 13.8 Å². The number of likely N-dealkylation sites (tertiary alicyclic amines) is 1. The predicted octanol–water partition coefficient (Wildman–Crippen LogP) is 4.57. The Balaban J connectivity index is 1.48. The van der Waals surface area contributed by atoms with Crippen molar-refractivity contribution < 1.29 is 14.3 Å². The maximum absolute atomic E-state index is 13.3. The topological polar surface area (TPSA) is 64.5 Å². The van der Waals surface area contributed by atoms with Gasteiger partial charge in [-0.25, -0.2) is 4.98 Å². The zero-order valence-electron chi connectivity index (χ0n) is 17.2. The van der Waals surface area contributed by atoms with Crippen molar-refractivity contribution in [1.82, 2.24) is 14.9 Å². The normalized spacial score (nSPS) is 16.2. The molecule has 0 radical (unpaired) electrons. The van der Waals surface area contributed by atoms with Crippen LogP contribution in [-0.4, -0.2) is 40.0 Å². The van der Waals surface area contributed by atoms with Crippen LogP contribution in [0.3, 0.4) is 0 Å². The standard InChI is InChI=1S/C24H25N3O3/c1-17-15-23(26-18(2)25-17)30-20-11-8-14-27(16-20)24(28)21-12-6-7-13-22(21)29-19-9-4-3-5-10-19/h3-7,9-10,12-13,15,20H,8,11,14,16H2,1-2H3. The Kier molecular flexibility index (Phi) is 5.93. The summed E-state index contributed by atoms with van der Waals surface area (Å²) in [4.78, 5) is 23.8. The third kappa shape index (κ3) is 4.76. The highest BCUT2D eigenvalue weighted by Gasteiger charge is 2.27. The molecule has 1 aromatic heterocycles. The zero-order chi connectivity index (χ0) is 20.9. The van der Waals surface area contributed by atoms with Gasteiger partial charge in [0.2, 0.25) is 5.88 Å².